The molecule has 2 aromatic heterocycles. The lowest BCUT2D eigenvalue weighted by molar-refractivity contribution is -0.384. The summed E-state index contributed by atoms with van der Waals surface area (Å²) in [7, 11) is -4.69. The summed E-state index contributed by atoms with van der Waals surface area (Å²) < 4.78 is 42.5. The zero-order valence-corrected chi connectivity index (χ0v) is 39.1. The second-order valence-corrected chi connectivity index (χ2v) is 21.9. The lowest BCUT2D eigenvalue weighted by atomic mass is 9.70. The molecule has 354 valence electrons. The van der Waals surface area contributed by atoms with Crippen molar-refractivity contribution in [2.45, 2.75) is 113 Å². The first kappa shape index (κ1) is 44.9. The molecule has 17 heteroatoms. The summed E-state index contributed by atoms with van der Waals surface area (Å²) in [5, 5.41) is 26.8. The van der Waals surface area contributed by atoms with E-state index < -0.39 is 37.0 Å². The van der Waals surface area contributed by atoms with Crippen LogP contribution in [0.25, 0.3) is 11.0 Å². The number of carbonyl (C=O) groups is 1. The molecule has 2 saturated carbocycles. The van der Waals surface area contributed by atoms with Crippen molar-refractivity contribution < 1.29 is 32.7 Å². The Hall–Kier alpha value is -5.91. The van der Waals surface area contributed by atoms with Crippen LogP contribution in [-0.4, -0.2) is 89.7 Å². The number of aromatic amines is 1. The first-order chi connectivity index (χ1) is 32.1. The molecule has 0 bridgehead atoms. The highest BCUT2D eigenvalue weighted by Gasteiger charge is 2.49. The quantitative estimate of drug-likeness (QED) is 0.0621. The second-order valence-electron chi connectivity index (χ2n) is 20.3. The van der Waals surface area contributed by atoms with E-state index in [-0.39, 0.29) is 58.3 Å². The fourth-order valence-corrected chi connectivity index (χ4v) is 12.6. The van der Waals surface area contributed by atoms with E-state index >= 15 is 0 Å². The fourth-order valence-electron chi connectivity index (χ4n) is 11.6. The summed E-state index contributed by atoms with van der Waals surface area (Å²) >= 11 is 0. The third-order valence-electron chi connectivity index (χ3n) is 15.4. The van der Waals surface area contributed by atoms with Crippen molar-refractivity contribution in [2.75, 3.05) is 48.7 Å². The SMILES string of the molecule is CC(C)c1ccccc1[C@@H]1CCC[C@@H]1N1CC2(CCN(c3ccc(C(=O)NS(=O)(=O)c4cc5c(c([N+](=O)[O-])c4)N[C@@H](C4CCC(C)(O)CC4)CO5)c(Oc4cc5cc[nH]c5nc4N)c3)CC2)C1. The number of ether oxygens (including phenoxy) is 2. The molecule has 3 aliphatic heterocycles. The number of nitrogens with zero attached hydrogens (tertiary/aromatic N) is 4. The molecule has 3 aromatic carbocycles. The summed E-state index contributed by atoms with van der Waals surface area (Å²) in [6.45, 7) is 10.3. The van der Waals surface area contributed by atoms with E-state index in [4.69, 9.17) is 15.2 Å². The van der Waals surface area contributed by atoms with Crippen molar-refractivity contribution in [3.05, 3.63) is 99.7 Å². The van der Waals surface area contributed by atoms with Crippen molar-refractivity contribution in [1.29, 1.82) is 0 Å². The van der Waals surface area contributed by atoms with E-state index in [9.17, 15) is 28.4 Å². The molecule has 1 amide bonds. The summed E-state index contributed by atoms with van der Waals surface area (Å²) in [4.78, 5) is 37.8. The minimum atomic E-state index is -4.69. The number of anilines is 3. The molecule has 4 fully saturated rings. The van der Waals surface area contributed by atoms with Crippen LogP contribution in [0.4, 0.5) is 22.9 Å². The Morgan fingerprint density at radius 3 is 2.52 bits per heavy atom. The van der Waals surface area contributed by atoms with Crippen LogP contribution in [0.15, 0.2) is 77.8 Å². The number of amides is 1. The Kier molecular flexibility index (Phi) is 11.6. The predicted molar refractivity (Wildman–Crippen MR) is 257 cm³/mol. The van der Waals surface area contributed by atoms with Gasteiger partial charge in [0.15, 0.2) is 23.0 Å². The standard InChI is InChI=1S/C50H60N8O8S/c1-30(2)35-7-4-5-8-36(35)37-9-6-10-40(37)57-28-50(29-57)18-21-56(22-19-50)33-11-12-38(42(24-33)66-44-23-32-15-20-52-47(32)54-46(44)51)48(59)55-67(63,64)34-25-41(58(61)62)45-43(26-34)65-27-39(53-45)31-13-16-49(3,60)17-14-31/h4-5,7-8,11-12,15,20,23-26,30-31,37,39-40,53,60H,6,9-10,13-14,16-19,21-22,27-29H2,1-3H3,(H,55,59)(H3,51,52,54)/t31?,37-,39+,40-,49?/m0/s1. The molecule has 16 nitrogen and oxygen atoms in total. The monoisotopic (exact) mass is 932 g/mol. The minimum Gasteiger partial charge on any atom is -0.489 e. The number of aliphatic hydroxyl groups is 1. The number of hydrogen-bond acceptors (Lipinski definition) is 13. The molecule has 6 N–H and O–H groups in total. The molecule has 5 heterocycles. The van der Waals surface area contributed by atoms with Crippen LogP contribution in [0.3, 0.4) is 0 Å². The topological polar surface area (TPSA) is 218 Å². The molecule has 0 unspecified atom stereocenters. The number of fused-ring (bicyclic) bond motifs is 2. The average Bonchev–Trinajstić information content (AvgIpc) is 3.97. The van der Waals surface area contributed by atoms with Crippen molar-refractivity contribution in [3.63, 3.8) is 0 Å². The largest absolute Gasteiger partial charge is 0.489 e. The number of likely N-dealkylation sites (tertiary alicyclic amines) is 1. The van der Waals surface area contributed by atoms with Crippen LogP contribution < -0.4 is 30.1 Å². The zero-order chi connectivity index (χ0) is 46.8. The van der Waals surface area contributed by atoms with Gasteiger partial charge < -0.3 is 35.5 Å². The number of carbonyl (C=O) groups excluding carboxylic acids is 1. The predicted octanol–water partition coefficient (Wildman–Crippen LogP) is 8.44. The molecule has 1 spiro atoms. The van der Waals surface area contributed by atoms with Crippen molar-refractivity contribution in [1.82, 2.24) is 19.6 Å². The molecule has 67 heavy (non-hydrogen) atoms. The van der Waals surface area contributed by atoms with Gasteiger partial charge in [-0.05, 0) is 117 Å². The Bertz CT molecular complexity index is 2820. The molecule has 5 aliphatic rings. The number of benzene rings is 3. The van der Waals surface area contributed by atoms with E-state index in [2.05, 4.69) is 67.9 Å². The first-order valence-electron chi connectivity index (χ1n) is 23.7. The molecule has 2 saturated heterocycles. The average molecular weight is 933 g/mol. The Morgan fingerprint density at radius 1 is 1.01 bits per heavy atom. The van der Waals surface area contributed by atoms with E-state index in [1.54, 1.807) is 31.3 Å². The number of piperidine rings is 1. The summed E-state index contributed by atoms with van der Waals surface area (Å²) in [6, 6.07) is 20.0. The highest BCUT2D eigenvalue weighted by Crippen LogP contribution is 2.49. The number of nitro groups is 1. The highest BCUT2D eigenvalue weighted by molar-refractivity contribution is 7.90. The number of aromatic nitrogens is 2. The van der Waals surface area contributed by atoms with Gasteiger partial charge in [-0.25, -0.2) is 18.1 Å². The summed E-state index contributed by atoms with van der Waals surface area (Å²) in [5.74, 6) is 0.458. The van der Waals surface area contributed by atoms with E-state index in [0.717, 1.165) is 56.2 Å². The van der Waals surface area contributed by atoms with Gasteiger partial charge in [-0.3, -0.25) is 19.8 Å². The van der Waals surface area contributed by atoms with Crippen LogP contribution in [0.2, 0.25) is 0 Å². The third kappa shape index (κ3) is 8.77. The van der Waals surface area contributed by atoms with Gasteiger partial charge in [0.05, 0.1) is 27.0 Å². The lowest BCUT2D eigenvalue weighted by Gasteiger charge is -2.57. The molecular weight excluding hydrogens is 873 g/mol. The number of hydrogen-bond donors (Lipinski definition) is 5. The van der Waals surface area contributed by atoms with Gasteiger partial charge >= 0.3 is 0 Å². The van der Waals surface area contributed by atoms with Gasteiger partial charge in [-0.2, -0.15) is 0 Å². The molecular formula is C50H60N8O8S. The van der Waals surface area contributed by atoms with E-state index in [1.807, 2.05) is 6.07 Å². The minimum absolute atomic E-state index is 0.00866. The Balaban J connectivity index is 0.866. The highest BCUT2D eigenvalue weighted by atomic mass is 32.2. The van der Waals surface area contributed by atoms with Crippen molar-refractivity contribution >= 4 is 49.8 Å². The van der Waals surface area contributed by atoms with Crippen molar-refractivity contribution in [2.24, 2.45) is 11.3 Å². The van der Waals surface area contributed by atoms with E-state index in [1.165, 1.54) is 42.5 Å². The number of H-pyrrole nitrogens is 1. The zero-order valence-electron chi connectivity index (χ0n) is 38.3. The van der Waals surface area contributed by atoms with Crippen LogP contribution in [0.5, 0.6) is 17.2 Å². The Labute approximate surface area is 390 Å². The number of nitrogen functional groups attached to an aromatic ring is 1. The van der Waals surface area contributed by atoms with Crippen LogP contribution in [0.1, 0.15) is 112 Å². The lowest BCUT2D eigenvalue weighted by Crippen LogP contribution is -2.63. The number of nitro benzene ring substituents is 1. The summed E-state index contributed by atoms with van der Waals surface area (Å²) in [5.41, 5.74) is 9.68. The van der Waals surface area contributed by atoms with Gasteiger partial charge in [-0.15, -0.1) is 0 Å². The van der Waals surface area contributed by atoms with Crippen molar-refractivity contribution in [3.8, 4) is 17.2 Å². The Morgan fingerprint density at radius 2 is 1.78 bits per heavy atom. The smallest absolute Gasteiger partial charge is 0.297 e. The van der Waals surface area contributed by atoms with Gasteiger partial charge in [0.2, 0.25) is 0 Å². The molecule has 3 atom stereocenters. The maximum Gasteiger partial charge on any atom is 0.297 e. The van der Waals surface area contributed by atoms with Gasteiger partial charge in [0.25, 0.3) is 21.6 Å². The fraction of sp³-hybridized carbons (Fsp3) is 0.480. The van der Waals surface area contributed by atoms with Gasteiger partial charge in [0, 0.05) is 67.7 Å². The molecule has 5 aromatic rings. The molecule has 10 rings (SSSR count). The molecule has 0 radical (unpaired) electrons. The van der Waals surface area contributed by atoms with Gasteiger partial charge in [0.1, 0.15) is 18.0 Å². The maximum absolute atomic E-state index is 14.2. The first-order valence-corrected chi connectivity index (χ1v) is 25.2. The van der Waals surface area contributed by atoms with Gasteiger partial charge in [-0.1, -0.05) is 44.5 Å². The van der Waals surface area contributed by atoms with Crippen LogP contribution in [-0.2, 0) is 10.0 Å². The molecule has 2 aliphatic carbocycles. The van der Waals surface area contributed by atoms with Crippen LogP contribution >= 0.6 is 0 Å². The summed E-state index contributed by atoms with van der Waals surface area (Å²) in [6.07, 6.45) is 10.1. The maximum atomic E-state index is 14.2. The van der Waals surface area contributed by atoms with Crippen LogP contribution in [0, 0.1) is 21.4 Å². The number of nitrogens with two attached hydrogens (primary N) is 1. The number of rotatable bonds is 11. The number of nitrogens with one attached hydrogen (secondary N) is 3. The normalized spacial score (nSPS) is 25.0. The number of sulfonamides is 1. The third-order valence-corrected chi connectivity index (χ3v) is 16.7. The van der Waals surface area contributed by atoms with E-state index in [0.29, 0.717) is 49.2 Å². The second kappa shape index (κ2) is 17.3. The number of pyridine rings is 1.